The summed E-state index contributed by atoms with van der Waals surface area (Å²) in [6.45, 7) is 0. The lowest BCUT2D eigenvalue weighted by molar-refractivity contribution is -0.115. The molecule has 3 nitrogen and oxygen atoms in total. The van der Waals surface area contributed by atoms with Crippen molar-refractivity contribution >= 4 is 51.9 Å². The Morgan fingerprint density at radius 1 is 1.25 bits per heavy atom. The van der Waals surface area contributed by atoms with Gasteiger partial charge in [0.05, 0.1) is 12.0 Å². The third-order valence-corrected chi connectivity index (χ3v) is 5.12. The molecule has 0 aliphatic carbocycles. The highest BCUT2D eigenvalue weighted by atomic mass is 35.5. The van der Waals surface area contributed by atoms with Crippen molar-refractivity contribution in [2.24, 2.45) is 0 Å². The second-order valence-electron chi connectivity index (χ2n) is 5.19. The lowest BCUT2D eigenvalue weighted by Crippen LogP contribution is -2.17. The lowest BCUT2D eigenvalue weighted by Gasteiger charge is -2.11. The molecular formula is C18H14ClNO2S2. The number of carbonyl (C=O) groups excluding carboxylic acids is 1. The fraction of sp³-hybridized carbons (Fsp3) is 0.111. The molecule has 0 radical (unpaired) electrons. The number of carbonyl (C=O) groups is 1. The van der Waals surface area contributed by atoms with E-state index in [1.54, 1.807) is 13.2 Å². The van der Waals surface area contributed by atoms with Crippen molar-refractivity contribution in [1.82, 2.24) is 5.32 Å². The Morgan fingerprint density at radius 2 is 2.04 bits per heavy atom. The van der Waals surface area contributed by atoms with Crippen LogP contribution in [0.15, 0.2) is 47.4 Å². The number of hydrogen-bond acceptors (Lipinski definition) is 4. The normalized spacial score (nSPS) is 15.7. The summed E-state index contributed by atoms with van der Waals surface area (Å²) in [5.74, 6) is 0.597. The Balaban J connectivity index is 1.89. The molecule has 1 heterocycles. The van der Waals surface area contributed by atoms with Crippen LogP contribution in [0.4, 0.5) is 0 Å². The second kappa shape index (κ2) is 7.38. The summed E-state index contributed by atoms with van der Waals surface area (Å²) in [5.41, 5.74) is 2.96. The molecule has 0 bridgehead atoms. The first-order valence-corrected chi connectivity index (χ1v) is 8.82. The van der Waals surface area contributed by atoms with Crippen LogP contribution in [0.3, 0.4) is 0 Å². The molecule has 1 aliphatic heterocycles. The second-order valence-corrected chi connectivity index (χ2v) is 7.32. The minimum atomic E-state index is -0.163. The first-order chi connectivity index (χ1) is 11.6. The molecule has 24 heavy (non-hydrogen) atoms. The van der Waals surface area contributed by atoms with Crippen molar-refractivity contribution in [1.29, 1.82) is 0 Å². The minimum absolute atomic E-state index is 0.163. The molecule has 0 atom stereocenters. The smallest absolute Gasteiger partial charge is 0.263 e. The minimum Gasteiger partial charge on any atom is -0.496 e. The predicted octanol–water partition coefficient (Wildman–Crippen LogP) is 4.43. The molecular weight excluding hydrogens is 362 g/mol. The highest BCUT2D eigenvalue weighted by Crippen LogP contribution is 2.30. The van der Waals surface area contributed by atoms with Gasteiger partial charge in [-0.15, -0.1) is 0 Å². The molecule has 1 N–H and O–H groups in total. The van der Waals surface area contributed by atoms with E-state index in [-0.39, 0.29) is 5.91 Å². The third kappa shape index (κ3) is 3.80. The number of amides is 1. The number of benzene rings is 2. The van der Waals surface area contributed by atoms with Crippen LogP contribution in [-0.2, 0) is 11.2 Å². The van der Waals surface area contributed by atoms with Crippen molar-refractivity contribution in [3.05, 3.63) is 69.1 Å². The Bertz CT molecular complexity index is 849. The van der Waals surface area contributed by atoms with Gasteiger partial charge in [0.25, 0.3) is 5.91 Å². The summed E-state index contributed by atoms with van der Waals surface area (Å²) in [5, 5.41) is 3.34. The Hall–Kier alpha value is -1.82. The molecule has 122 valence electrons. The van der Waals surface area contributed by atoms with E-state index in [1.165, 1.54) is 11.8 Å². The van der Waals surface area contributed by atoms with Gasteiger partial charge in [-0.2, -0.15) is 0 Å². The highest BCUT2D eigenvalue weighted by molar-refractivity contribution is 8.26. The predicted molar refractivity (Wildman–Crippen MR) is 104 cm³/mol. The Morgan fingerprint density at radius 3 is 2.71 bits per heavy atom. The molecule has 0 aromatic heterocycles. The van der Waals surface area contributed by atoms with E-state index in [4.69, 9.17) is 28.6 Å². The zero-order valence-electron chi connectivity index (χ0n) is 12.8. The van der Waals surface area contributed by atoms with Crippen LogP contribution in [-0.4, -0.2) is 17.3 Å². The van der Waals surface area contributed by atoms with Crippen LogP contribution in [0, 0.1) is 0 Å². The van der Waals surface area contributed by atoms with Gasteiger partial charge in [0, 0.05) is 11.4 Å². The topological polar surface area (TPSA) is 38.3 Å². The zero-order valence-corrected chi connectivity index (χ0v) is 15.2. The monoisotopic (exact) mass is 375 g/mol. The number of nitrogens with one attached hydrogen (secondary N) is 1. The number of halogens is 1. The van der Waals surface area contributed by atoms with Crippen molar-refractivity contribution in [3.63, 3.8) is 0 Å². The van der Waals surface area contributed by atoms with Crippen molar-refractivity contribution in [3.8, 4) is 5.75 Å². The summed E-state index contributed by atoms with van der Waals surface area (Å²) in [6.07, 6.45) is 2.49. The molecule has 1 aliphatic rings. The standard InChI is InChI=1S/C18H14ClNO2S2/c1-22-15-8-11(9-16-17(21)20-18(23)24-16)6-7-13(15)10-12-4-2-3-5-14(12)19/h2-9H,10H2,1H3,(H,20,21,23)/b16-9+. The van der Waals surface area contributed by atoms with Crippen LogP contribution in [0.2, 0.25) is 5.02 Å². The van der Waals surface area contributed by atoms with E-state index >= 15 is 0 Å². The number of ether oxygens (including phenoxy) is 1. The van der Waals surface area contributed by atoms with Gasteiger partial charge in [0.15, 0.2) is 0 Å². The van der Waals surface area contributed by atoms with Gasteiger partial charge in [0.1, 0.15) is 10.1 Å². The molecule has 0 saturated carbocycles. The SMILES string of the molecule is COc1cc(/C=C2/SC(=S)NC2=O)ccc1Cc1ccccc1Cl. The molecule has 0 unspecified atom stereocenters. The molecule has 1 saturated heterocycles. The Kier molecular flexibility index (Phi) is 5.23. The maximum absolute atomic E-state index is 11.8. The van der Waals surface area contributed by atoms with E-state index in [9.17, 15) is 4.79 Å². The van der Waals surface area contributed by atoms with E-state index in [1.807, 2.05) is 42.5 Å². The average molecular weight is 376 g/mol. The van der Waals surface area contributed by atoms with Crippen LogP contribution in [0.25, 0.3) is 6.08 Å². The van der Waals surface area contributed by atoms with Crippen LogP contribution < -0.4 is 10.1 Å². The third-order valence-electron chi connectivity index (χ3n) is 3.59. The van der Waals surface area contributed by atoms with Crippen LogP contribution in [0.5, 0.6) is 5.75 Å². The maximum atomic E-state index is 11.8. The van der Waals surface area contributed by atoms with E-state index in [0.717, 1.165) is 27.5 Å². The Labute approximate surface area is 155 Å². The average Bonchev–Trinajstić information content (AvgIpc) is 2.88. The molecule has 1 amide bonds. The number of thiocarbonyl (C=S) groups is 1. The van der Waals surface area contributed by atoms with Crippen molar-refractivity contribution < 1.29 is 9.53 Å². The number of rotatable bonds is 4. The summed E-state index contributed by atoms with van der Waals surface area (Å²) >= 11 is 12.5. The largest absolute Gasteiger partial charge is 0.496 e. The molecule has 2 aromatic rings. The quantitative estimate of drug-likeness (QED) is 0.633. The van der Waals surface area contributed by atoms with Gasteiger partial charge >= 0.3 is 0 Å². The van der Waals surface area contributed by atoms with Gasteiger partial charge in [0.2, 0.25) is 0 Å². The number of methoxy groups -OCH3 is 1. The van der Waals surface area contributed by atoms with E-state index in [0.29, 0.717) is 15.6 Å². The summed E-state index contributed by atoms with van der Waals surface area (Å²) in [6, 6.07) is 13.6. The first kappa shape index (κ1) is 17.0. The van der Waals surface area contributed by atoms with Crippen LogP contribution >= 0.6 is 35.6 Å². The molecule has 6 heteroatoms. The zero-order chi connectivity index (χ0) is 17.1. The van der Waals surface area contributed by atoms with Gasteiger partial charge in [-0.25, -0.2) is 0 Å². The molecule has 1 fully saturated rings. The van der Waals surface area contributed by atoms with E-state index < -0.39 is 0 Å². The maximum Gasteiger partial charge on any atom is 0.263 e. The van der Waals surface area contributed by atoms with Gasteiger partial charge in [-0.05, 0) is 34.9 Å². The summed E-state index contributed by atoms with van der Waals surface area (Å²) in [7, 11) is 1.63. The molecule has 2 aromatic carbocycles. The van der Waals surface area contributed by atoms with E-state index in [2.05, 4.69) is 5.32 Å². The lowest BCUT2D eigenvalue weighted by atomic mass is 10.0. The fourth-order valence-corrected chi connectivity index (χ4v) is 3.66. The van der Waals surface area contributed by atoms with Crippen molar-refractivity contribution in [2.75, 3.05) is 7.11 Å². The van der Waals surface area contributed by atoms with Gasteiger partial charge < -0.3 is 10.1 Å². The summed E-state index contributed by atoms with van der Waals surface area (Å²) in [4.78, 5) is 12.3. The fourth-order valence-electron chi connectivity index (χ4n) is 2.42. The summed E-state index contributed by atoms with van der Waals surface area (Å²) < 4.78 is 5.99. The van der Waals surface area contributed by atoms with Crippen LogP contribution in [0.1, 0.15) is 16.7 Å². The van der Waals surface area contributed by atoms with Gasteiger partial charge in [-0.3, -0.25) is 4.79 Å². The molecule has 0 spiro atoms. The first-order valence-electron chi connectivity index (χ1n) is 7.22. The number of hydrogen-bond donors (Lipinski definition) is 1. The molecule has 3 rings (SSSR count). The van der Waals surface area contributed by atoms with Gasteiger partial charge in [-0.1, -0.05) is 65.9 Å². The highest BCUT2D eigenvalue weighted by Gasteiger charge is 2.22. The van der Waals surface area contributed by atoms with Crippen molar-refractivity contribution in [2.45, 2.75) is 6.42 Å². The number of thioether (sulfide) groups is 1.